The molecule has 4 heteroatoms. The van der Waals surface area contributed by atoms with E-state index >= 15 is 0 Å². The highest BCUT2D eigenvalue weighted by Gasteiger charge is 2.29. The van der Waals surface area contributed by atoms with Gasteiger partial charge in [-0.2, -0.15) is 5.10 Å². The second-order valence-electron chi connectivity index (χ2n) is 4.83. The highest BCUT2D eigenvalue weighted by Crippen LogP contribution is 2.32. The van der Waals surface area contributed by atoms with Gasteiger partial charge in [0.2, 0.25) is 0 Å². The number of hydrogen-bond donors (Lipinski definition) is 2. The Bertz CT molecular complexity index is 358. The number of hydrogen-bond acceptors (Lipinski definition) is 3. The number of aliphatic hydroxyl groups is 1. The molecular weight excluding hydrogens is 214 g/mol. The molecule has 1 fully saturated rings. The molecule has 0 spiro atoms. The second-order valence-corrected chi connectivity index (χ2v) is 4.83. The van der Waals surface area contributed by atoms with Crippen LogP contribution in [0.5, 0.6) is 0 Å². The van der Waals surface area contributed by atoms with Crippen LogP contribution in [0.1, 0.15) is 38.1 Å². The van der Waals surface area contributed by atoms with Crippen molar-refractivity contribution in [3.05, 3.63) is 17.5 Å². The molecule has 17 heavy (non-hydrogen) atoms. The fourth-order valence-corrected chi connectivity index (χ4v) is 2.10. The van der Waals surface area contributed by atoms with Gasteiger partial charge in [-0.3, -0.25) is 4.68 Å². The summed E-state index contributed by atoms with van der Waals surface area (Å²) in [6, 6.07) is 2.15. The van der Waals surface area contributed by atoms with Crippen molar-refractivity contribution in [3.8, 4) is 0 Å². The Labute approximate surface area is 103 Å². The minimum absolute atomic E-state index is 0.168. The van der Waals surface area contributed by atoms with E-state index in [2.05, 4.69) is 30.3 Å². The lowest BCUT2D eigenvalue weighted by atomic mass is 10.2. The fourth-order valence-electron chi connectivity index (χ4n) is 2.10. The van der Waals surface area contributed by atoms with Gasteiger partial charge in [-0.15, -0.1) is 0 Å². The number of nitrogens with one attached hydrogen (secondary N) is 1. The zero-order chi connectivity index (χ0) is 12.3. The molecule has 0 saturated heterocycles. The number of rotatable bonds is 7. The van der Waals surface area contributed by atoms with E-state index in [0.29, 0.717) is 12.5 Å². The van der Waals surface area contributed by atoms with Gasteiger partial charge in [-0.1, -0.05) is 6.92 Å². The molecule has 1 heterocycles. The maximum Gasteiger partial charge on any atom is 0.0692 e. The summed E-state index contributed by atoms with van der Waals surface area (Å²) >= 11 is 0. The molecule has 0 amide bonds. The summed E-state index contributed by atoms with van der Waals surface area (Å²) in [5.41, 5.74) is 2.36. The average molecular weight is 237 g/mol. The third-order valence-electron chi connectivity index (χ3n) is 3.40. The van der Waals surface area contributed by atoms with Gasteiger partial charge in [-0.25, -0.2) is 0 Å². The highest BCUT2D eigenvalue weighted by molar-refractivity contribution is 5.10. The van der Waals surface area contributed by atoms with Crippen LogP contribution in [0.25, 0.3) is 0 Å². The van der Waals surface area contributed by atoms with Gasteiger partial charge >= 0.3 is 0 Å². The molecule has 96 valence electrons. The Morgan fingerprint density at radius 2 is 2.29 bits per heavy atom. The van der Waals surface area contributed by atoms with Gasteiger partial charge in [0.1, 0.15) is 0 Å². The van der Waals surface area contributed by atoms with Crippen molar-refractivity contribution in [1.82, 2.24) is 15.1 Å². The first-order chi connectivity index (χ1) is 8.24. The average Bonchev–Trinajstić information content (AvgIpc) is 3.11. The van der Waals surface area contributed by atoms with E-state index < -0.39 is 0 Å². The van der Waals surface area contributed by atoms with Gasteiger partial charge in [-0.05, 0) is 38.2 Å². The molecule has 1 aliphatic rings. The summed E-state index contributed by atoms with van der Waals surface area (Å²) in [6.45, 7) is 6.62. The fraction of sp³-hybridized carbons (Fsp3) is 0.769. The Hall–Kier alpha value is -0.870. The molecule has 1 aliphatic carbocycles. The van der Waals surface area contributed by atoms with Crippen LogP contribution in [0.3, 0.4) is 0 Å². The Balaban J connectivity index is 1.82. The van der Waals surface area contributed by atoms with Crippen molar-refractivity contribution in [2.45, 2.75) is 52.3 Å². The maximum atomic E-state index is 9.76. The van der Waals surface area contributed by atoms with Crippen LogP contribution >= 0.6 is 0 Å². The maximum absolute atomic E-state index is 9.76. The molecule has 4 nitrogen and oxygen atoms in total. The van der Waals surface area contributed by atoms with Gasteiger partial charge in [0.05, 0.1) is 17.5 Å². The van der Waals surface area contributed by atoms with E-state index in [1.54, 1.807) is 0 Å². The molecule has 1 aromatic heterocycles. The summed E-state index contributed by atoms with van der Waals surface area (Å²) in [7, 11) is 0. The zero-order valence-electron chi connectivity index (χ0n) is 10.8. The zero-order valence-corrected chi connectivity index (χ0v) is 10.8. The molecule has 1 atom stereocenters. The molecule has 1 aromatic rings. The van der Waals surface area contributed by atoms with E-state index in [4.69, 9.17) is 0 Å². The van der Waals surface area contributed by atoms with E-state index in [-0.39, 0.29) is 6.10 Å². The minimum Gasteiger partial charge on any atom is -0.392 e. The van der Waals surface area contributed by atoms with Gasteiger partial charge in [0, 0.05) is 19.6 Å². The molecule has 0 aliphatic heterocycles. The lowest BCUT2D eigenvalue weighted by molar-refractivity contribution is 0.148. The van der Waals surface area contributed by atoms with Crippen molar-refractivity contribution in [2.75, 3.05) is 6.54 Å². The summed E-state index contributed by atoms with van der Waals surface area (Å²) < 4.78 is 2.04. The number of nitrogens with zero attached hydrogens (tertiary/aromatic N) is 2. The monoisotopic (exact) mass is 237 g/mol. The quantitative estimate of drug-likeness (QED) is 0.752. The van der Waals surface area contributed by atoms with E-state index in [9.17, 15) is 5.11 Å². The van der Waals surface area contributed by atoms with Crippen molar-refractivity contribution >= 4 is 0 Å². The molecule has 0 bridgehead atoms. The predicted octanol–water partition coefficient (Wildman–Crippen LogP) is 1.33. The first-order valence-electron chi connectivity index (χ1n) is 6.69. The third kappa shape index (κ3) is 3.30. The lowest BCUT2D eigenvalue weighted by Crippen LogP contribution is -2.28. The summed E-state index contributed by atoms with van der Waals surface area (Å²) in [5, 5.41) is 17.6. The molecule has 1 saturated carbocycles. The molecular formula is C13H23N3O. The van der Waals surface area contributed by atoms with Crippen LogP contribution in [-0.2, 0) is 19.5 Å². The van der Waals surface area contributed by atoms with Crippen LogP contribution < -0.4 is 5.32 Å². The summed E-state index contributed by atoms with van der Waals surface area (Å²) in [6.07, 6.45) is 3.19. The first kappa shape index (κ1) is 12.6. The van der Waals surface area contributed by atoms with Crippen molar-refractivity contribution in [3.63, 3.8) is 0 Å². The van der Waals surface area contributed by atoms with Crippen molar-refractivity contribution in [1.29, 1.82) is 0 Å². The second kappa shape index (κ2) is 5.65. The van der Waals surface area contributed by atoms with Crippen LogP contribution in [-0.4, -0.2) is 27.5 Å². The van der Waals surface area contributed by atoms with Gasteiger partial charge < -0.3 is 10.4 Å². The topological polar surface area (TPSA) is 50.1 Å². The minimum atomic E-state index is -0.168. The van der Waals surface area contributed by atoms with Crippen LogP contribution in [0.15, 0.2) is 6.07 Å². The molecule has 1 unspecified atom stereocenters. The Kier molecular flexibility index (Phi) is 4.18. The van der Waals surface area contributed by atoms with E-state index in [1.165, 1.54) is 18.5 Å². The van der Waals surface area contributed by atoms with Crippen molar-refractivity contribution < 1.29 is 5.11 Å². The third-order valence-corrected chi connectivity index (χ3v) is 3.40. The predicted molar refractivity (Wildman–Crippen MR) is 67.7 cm³/mol. The van der Waals surface area contributed by atoms with E-state index in [1.807, 2.05) is 4.68 Å². The van der Waals surface area contributed by atoms with Crippen LogP contribution in [0.2, 0.25) is 0 Å². The summed E-state index contributed by atoms with van der Waals surface area (Å²) in [5.74, 6) is 0.546. The largest absolute Gasteiger partial charge is 0.392 e. The van der Waals surface area contributed by atoms with E-state index in [0.717, 1.165) is 25.2 Å². The molecule has 2 rings (SSSR count). The smallest absolute Gasteiger partial charge is 0.0692 e. The molecule has 2 N–H and O–H groups in total. The number of aryl methyl sites for hydroxylation is 2. The normalized spacial score (nSPS) is 17.4. The molecule has 0 aromatic carbocycles. The molecule has 0 radical (unpaired) electrons. The standard InChI is InChI=1S/C13H23N3O/c1-3-11-7-12(16(4-2)15-11)8-14-9-13(17)10-5-6-10/h7,10,13-14,17H,3-6,8-9H2,1-2H3. The van der Waals surface area contributed by atoms with Gasteiger partial charge in [0.25, 0.3) is 0 Å². The van der Waals surface area contributed by atoms with Crippen molar-refractivity contribution in [2.24, 2.45) is 5.92 Å². The lowest BCUT2D eigenvalue weighted by Gasteiger charge is -2.11. The number of aromatic nitrogens is 2. The Morgan fingerprint density at radius 3 is 2.88 bits per heavy atom. The van der Waals surface area contributed by atoms with Crippen LogP contribution in [0.4, 0.5) is 0 Å². The summed E-state index contributed by atoms with van der Waals surface area (Å²) in [4.78, 5) is 0. The highest BCUT2D eigenvalue weighted by atomic mass is 16.3. The first-order valence-corrected chi connectivity index (χ1v) is 6.69. The number of aliphatic hydroxyl groups excluding tert-OH is 1. The van der Waals surface area contributed by atoms with Crippen LogP contribution in [0, 0.1) is 5.92 Å². The Morgan fingerprint density at radius 1 is 1.53 bits per heavy atom. The SMILES string of the molecule is CCc1cc(CNCC(O)C2CC2)n(CC)n1. The van der Waals surface area contributed by atoms with Gasteiger partial charge in [0.15, 0.2) is 0 Å².